The summed E-state index contributed by atoms with van der Waals surface area (Å²) >= 11 is 7.85. The van der Waals surface area contributed by atoms with Crippen molar-refractivity contribution in [2.45, 2.75) is 69.8 Å². The molecule has 2 aromatic rings. The molecule has 4 nitrogen and oxygen atoms in total. The maximum atomic E-state index is 12.1. The minimum Gasteiger partial charge on any atom is -0.425 e. The van der Waals surface area contributed by atoms with Gasteiger partial charge in [-0.25, -0.2) is 9.97 Å². The van der Waals surface area contributed by atoms with Crippen LogP contribution in [0, 0.1) is 5.92 Å². The topological polar surface area (TPSA) is 52.1 Å². The fourth-order valence-corrected chi connectivity index (χ4v) is 3.74. The van der Waals surface area contributed by atoms with Crippen molar-refractivity contribution in [3.63, 3.8) is 0 Å². The van der Waals surface area contributed by atoms with Crippen LogP contribution in [-0.4, -0.2) is 27.1 Å². The minimum absolute atomic E-state index is 0.0771. The minimum atomic E-state index is -0.634. The molecular formula is C23H31ClN2O2S. The first-order chi connectivity index (χ1) is 14.0. The second-order valence-corrected chi connectivity index (χ2v) is 8.78. The predicted octanol–water partition coefficient (Wildman–Crippen LogP) is 6.77. The first kappa shape index (κ1) is 23.7. The normalized spacial score (nSPS) is 13.1. The van der Waals surface area contributed by atoms with Gasteiger partial charge in [0.15, 0.2) is 5.16 Å². The number of ether oxygens (including phenoxy) is 1. The number of aromatic nitrogens is 2. The molecule has 0 spiro atoms. The van der Waals surface area contributed by atoms with Crippen LogP contribution < -0.4 is 4.74 Å². The average Bonchev–Trinajstić information content (AvgIpc) is 2.76. The highest BCUT2D eigenvalue weighted by Crippen LogP contribution is 2.24. The maximum absolute atomic E-state index is 12.1. The predicted molar refractivity (Wildman–Crippen MR) is 122 cm³/mol. The van der Waals surface area contributed by atoms with Gasteiger partial charge in [-0.05, 0) is 30.0 Å². The van der Waals surface area contributed by atoms with Crippen molar-refractivity contribution in [1.82, 2.24) is 9.97 Å². The van der Waals surface area contributed by atoms with E-state index in [2.05, 4.69) is 16.9 Å². The summed E-state index contributed by atoms with van der Waals surface area (Å²) in [6.07, 6.45) is 10.9. The van der Waals surface area contributed by atoms with Crippen molar-refractivity contribution in [2.24, 2.45) is 5.92 Å². The third kappa shape index (κ3) is 7.98. The van der Waals surface area contributed by atoms with Crippen LogP contribution in [0.4, 0.5) is 0 Å². The van der Waals surface area contributed by atoms with Gasteiger partial charge in [-0.15, -0.1) is 11.6 Å². The summed E-state index contributed by atoms with van der Waals surface area (Å²) in [5.41, 5.74) is 1.91. The molecule has 0 amide bonds. The summed E-state index contributed by atoms with van der Waals surface area (Å²) in [7, 11) is 0. The number of halogens is 1. The fourth-order valence-electron chi connectivity index (χ4n) is 2.74. The Morgan fingerprint density at radius 3 is 2.31 bits per heavy atom. The highest BCUT2D eigenvalue weighted by atomic mass is 35.5. The zero-order valence-corrected chi connectivity index (χ0v) is 19.1. The quantitative estimate of drug-likeness (QED) is 0.0921. The lowest BCUT2D eigenvalue weighted by molar-refractivity contribution is -0.134. The van der Waals surface area contributed by atoms with Crippen LogP contribution in [0.15, 0.2) is 41.8 Å². The molecule has 0 aliphatic rings. The Morgan fingerprint density at radius 1 is 1.03 bits per heavy atom. The van der Waals surface area contributed by atoms with Gasteiger partial charge in [0.05, 0.1) is 0 Å². The van der Waals surface area contributed by atoms with Crippen LogP contribution in [0.25, 0.3) is 11.1 Å². The Morgan fingerprint density at radius 2 is 1.69 bits per heavy atom. The first-order valence-corrected chi connectivity index (χ1v) is 11.9. The summed E-state index contributed by atoms with van der Waals surface area (Å²) in [4.78, 5) is 21.0. The van der Waals surface area contributed by atoms with E-state index in [0.29, 0.717) is 5.75 Å². The molecule has 2 rings (SSSR count). The summed E-state index contributed by atoms with van der Waals surface area (Å²) in [5, 5.41) is 0.178. The van der Waals surface area contributed by atoms with Crippen LogP contribution in [0.2, 0.25) is 0 Å². The van der Waals surface area contributed by atoms with Crippen molar-refractivity contribution in [3.05, 3.63) is 36.7 Å². The highest BCUT2D eigenvalue weighted by Gasteiger charge is 2.23. The molecule has 158 valence electrons. The van der Waals surface area contributed by atoms with E-state index < -0.39 is 11.3 Å². The lowest BCUT2D eigenvalue weighted by atomic mass is 10.1. The Labute approximate surface area is 183 Å². The van der Waals surface area contributed by atoms with Gasteiger partial charge in [0, 0.05) is 23.7 Å². The SMILES string of the molecule is CCCCCCCSc1ncc(-c2ccc(OC(=O)C(Cl)C(C)CC)cc2)cn1. The summed E-state index contributed by atoms with van der Waals surface area (Å²) in [5.74, 6) is 1.21. The maximum Gasteiger partial charge on any atom is 0.329 e. The molecule has 2 atom stereocenters. The summed E-state index contributed by atoms with van der Waals surface area (Å²) in [6, 6.07) is 7.33. The van der Waals surface area contributed by atoms with Crippen LogP contribution >= 0.6 is 23.4 Å². The lowest BCUT2D eigenvalue weighted by Crippen LogP contribution is -2.26. The molecule has 1 aromatic heterocycles. The Kier molecular flexibility index (Phi) is 10.5. The monoisotopic (exact) mass is 434 g/mol. The van der Waals surface area contributed by atoms with E-state index in [1.807, 2.05) is 38.4 Å². The number of hydrogen-bond acceptors (Lipinski definition) is 5. The summed E-state index contributed by atoms with van der Waals surface area (Å²) < 4.78 is 5.38. The Balaban J connectivity index is 1.85. The number of thioether (sulfide) groups is 1. The molecule has 0 fully saturated rings. The number of unbranched alkanes of at least 4 members (excludes halogenated alkanes) is 4. The number of alkyl halides is 1. The second-order valence-electron chi connectivity index (χ2n) is 7.25. The van der Waals surface area contributed by atoms with E-state index in [1.54, 1.807) is 23.9 Å². The third-order valence-corrected chi connectivity index (χ3v) is 6.45. The number of benzene rings is 1. The molecule has 0 radical (unpaired) electrons. The van der Waals surface area contributed by atoms with Crippen molar-refractivity contribution < 1.29 is 9.53 Å². The molecule has 29 heavy (non-hydrogen) atoms. The van der Waals surface area contributed by atoms with E-state index >= 15 is 0 Å². The van der Waals surface area contributed by atoms with Crippen LogP contribution in [0.3, 0.4) is 0 Å². The second kappa shape index (κ2) is 12.9. The van der Waals surface area contributed by atoms with Gasteiger partial charge in [-0.3, -0.25) is 4.79 Å². The van der Waals surface area contributed by atoms with Crippen molar-refractivity contribution in [1.29, 1.82) is 0 Å². The Bertz CT molecular complexity index is 738. The zero-order valence-electron chi connectivity index (χ0n) is 17.6. The number of rotatable bonds is 12. The molecule has 0 aliphatic heterocycles. The van der Waals surface area contributed by atoms with Crippen LogP contribution in [0.1, 0.15) is 59.3 Å². The van der Waals surface area contributed by atoms with Gasteiger partial charge < -0.3 is 4.74 Å². The molecule has 6 heteroatoms. The Hall–Kier alpha value is -1.59. The zero-order chi connectivity index (χ0) is 21.1. The molecule has 1 aromatic carbocycles. The van der Waals surface area contributed by atoms with Gasteiger partial charge >= 0.3 is 5.97 Å². The molecule has 1 heterocycles. The number of carbonyl (C=O) groups is 1. The molecule has 0 N–H and O–H groups in total. The van der Waals surface area contributed by atoms with Crippen molar-refractivity contribution in [3.8, 4) is 16.9 Å². The average molecular weight is 435 g/mol. The van der Waals surface area contributed by atoms with E-state index in [9.17, 15) is 4.79 Å². The van der Waals surface area contributed by atoms with Crippen LogP contribution in [-0.2, 0) is 4.79 Å². The number of hydrogen-bond donors (Lipinski definition) is 0. The van der Waals surface area contributed by atoms with E-state index in [-0.39, 0.29) is 5.92 Å². The number of nitrogens with zero attached hydrogens (tertiary/aromatic N) is 2. The van der Waals surface area contributed by atoms with E-state index in [4.69, 9.17) is 16.3 Å². The fraction of sp³-hybridized carbons (Fsp3) is 0.522. The largest absolute Gasteiger partial charge is 0.425 e. The standard InChI is InChI=1S/C23H31ClN2O2S/c1-4-6-7-8-9-14-29-23-25-15-19(16-26-23)18-10-12-20(13-11-18)28-22(27)21(24)17(3)5-2/h10-13,15-17,21H,4-9,14H2,1-3H3. The van der Waals surface area contributed by atoms with Crippen molar-refractivity contribution >= 4 is 29.3 Å². The lowest BCUT2D eigenvalue weighted by Gasteiger charge is -2.15. The van der Waals surface area contributed by atoms with Gasteiger partial charge in [-0.1, -0.05) is 76.8 Å². The third-order valence-electron chi connectivity index (χ3n) is 4.88. The molecule has 0 saturated heterocycles. The van der Waals surface area contributed by atoms with Gasteiger partial charge in [0.2, 0.25) is 0 Å². The molecular weight excluding hydrogens is 404 g/mol. The molecule has 2 unspecified atom stereocenters. The van der Waals surface area contributed by atoms with Gasteiger partial charge in [-0.2, -0.15) is 0 Å². The van der Waals surface area contributed by atoms with E-state index in [1.165, 1.54) is 32.1 Å². The van der Waals surface area contributed by atoms with E-state index in [0.717, 1.165) is 28.5 Å². The van der Waals surface area contributed by atoms with Gasteiger partial charge in [0.25, 0.3) is 0 Å². The summed E-state index contributed by atoms with van der Waals surface area (Å²) in [6.45, 7) is 6.17. The van der Waals surface area contributed by atoms with Crippen molar-refractivity contribution in [2.75, 3.05) is 5.75 Å². The first-order valence-electron chi connectivity index (χ1n) is 10.5. The molecule has 0 aliphatic carbocycles. The molecule has 0 bridgehead atoms. The smallest absolute Gasteiger partial charge is 0.329 e. The van der Waals surface area contributed by atoms with Gasteiger partial charge in [0.1, 0.15) is 11.1 Å². The molecule has 0 saturated carbocycles. The number of carbonyl (C=O) groups excluding carboxylic acids is 1. The van der Waals surface area contributed by atoms with Crippen LogP contribution in [0.5, 0.6) is 5.75 Å². The number of esters is 1. The highest BCUT2D eigenvalue weighted by molar-refractivity contribution is 7.99.